The summed E-state index contributed by atoms with van der Waals surface area (Å²) < 4.78 is 5.02. The largest absolute Gasteiger partial charge is 0.508 e. The molecule has 0 aliphatic heterocycles. The number of fused-ring (bicyclic) bond motifs is 1. The summed E-state index contributed by atoms with van der Waals surface area (Å²) in [5.41, 5.74) is 5.02. The molecule has 0 radical (unpaired) electrons. The fraction of sp³-hybridized carbons (Fsp3) is 0.167. The smallest absolute Gasteiger partial charge is 0.340 e. The lowest BCUT2D eigenvalue weighted by molar-refractivity contribution is -0.119. The van der Waals surface area contributed by atoms with Crippen molar-refractivity contribution in [3.8, 4) is 5.75 Å². The van der Waals surface area contributed by atoms with Gasteiger partial charge < -0.3 is 15.3 Å². The van der Waals surface area contributed by atoms with Gasteiger partial charge in [-0.05, 0) is 25.1 Å². The van der Waals surface area contributed by atoms with E-state index in [4.69, 9.17) is 10.2 Å². The van der Waals surface area contributed by atoms with Gasteiger partial charge in [0, 0.05) is 11.5 Å². The fourth-order valence-electron chi connectivity index (χ4n) is 1.57. The molecule has 5 heteroatoms. The average Bonchev–Trinajstić information content (AvgIpc) is 2.27. The first-order valence-electron chi connectivity index (χ1n) is 5.05. The van der Waals surface area contributed by atoms with Crippen molar-refractivity contribution >= 4 is 16.9 Å². The van der Waals surface area contributed by atoms with Crippen LogP contribution >= 0.6 is 0 Å². The number of hydrogen-bond acceptors (Lipinski definition) is 4. The third kappa shape index (κ3) is 1.99. The fourth-order valence-corrected chi connectivity index (χ4v) is 1.57. The van der Waals surface area contributed by atoms with Crippen LogP contribution in [0.3, 0.4) is 0 Å². The molecule has 2 aromatic rings. The number of aromatic hydroxyl groups is 1. The Hall–Kier alpha value is -2.30. The third-order valence-corrected chi connectivity index (χ3v) is 2.64. The van der Waals surface area contributed by atoms with Gasteiger partial charge in [-0.3, -0.25) is 4.79 Å². The first-order chi connectivity index (χ1) is 7.99. The SMILES string of the molecule is CC(C(N)=O)c1cc2ccc(O)cc2oc1=O. The molecule has 2 rings (SSSR count). The summed E-state index contributed by atoms with van der Waals surface area (Å²) in [6.07, 6.45) is 0. The quantitative estimate of drug-likeness (QED) is 0.759. The molecule has 0 spiro atoms. The van der Waals surface area contributed by atoms with Crippen molar-refractivity contribution in [2.24, 2.45) is 5.73 Å². The molecule has 17 heavy (non-hydrogen) atoms. The monoisotopic (exact) mass is 233 g/mol. The average molecular weight is 233 g/mol. The summed E-state index contributed by atoms with van der Waals surface area (Å²) >= 11 is 0. The van der Waals surface area contributed by atoms with E-state index in [1.54, 1.807) is 19.1 Å². The van der Waals surface area contributed by atoms with E-state index in [1.807, 2.05) is 0 Å². The predicted octanol–water partition coefficient (Wildman–Crippen LogP) is 1.09. The van der Waals surface area contributed by atoms with E-state index < -0.39 is 17.5 Å². The van der Waals surface area contributed by atoms with Crippen LogP contribution in [-0.4, -0.2) is 11.0 Å². The van der Waals surface area contributed by atoms with Crippen LogP contribution in [0.4, 0.5) is 0 Å². The van der Waals surface area contributed by atoms with Gasteiger partial charge in [0.25, 0.3) is 0 Å². The molecule has 1 unspecified atom stereocenters. The zero-order valence-corrected chi connectivity index (χ0v) is 9.14. The Morgan fingerprint density at radius 3 is 2.76 bits per heavy atom. The first kappa shape index (κ1) is 11.2. The molecule has 0 bridgehead atoms. The van der Waals surface area contributed by atoms with Gasteiger partial charge in [-0.1, -0.05) is 0 Å². The lowest BCUT2D eigenvalue weighted by Crippen LogP contribution is -2.23. The number of phenolic OH excluding ortho intramolecular Hbond substituents is 1. The summed E-state index contributed by atoms with van der Waals surface area (Å²) in [7, 11) is 0. The summed E-state index contributed by atoms with van der Waals surface area (Å²) in [6, 6.07) is 5.97. The van der Waals surface area contributed by atoms with Crippen LogP contribution in [0.2, 0.25) is 0 Å². The highest BCUT2D eigenvalue weighted by Crippen LogP contribution is 2.21. The van der Waals surface area contributed by atoms with Crippen LogP contribution in [0, 0.1) is 0 Å². The summed E-state index contributed by atoms with van der Waals surface area (Å²) in [6.45, 7) is 1.54. The van der Waals surface area contributed by atoms with Crippen LogP contribution in [0.1, 0.15) is 18.4 Å². The van der Waals surface area contributed by atoms with Gasteiger partial charge in [-0.2, -0.15) is 0 Å². The van der Waals surface area contributed by atoms with Crippen molar-refractivity contribution in [1.29, 1.82) is 0 Å². The van der Waals surface area contributed by atoms with Crippen molar-refractivity contribution < 1.29 is 14.3 Å². The van der Waals surface area contributed by atoms with E-state index in [0.29, 0.717) is 5.39 Å². The second kappa shape index (κ2) is 3.93. The first-order valence-corrected chi connectivity index (χ1v) is 5.05. The van der Waals surface area contributed by atoms with Crippen LogP contribution < -0.4 is 11.4 Å². The van der Waals surface area contributed by atoms with Crippen molar-refractivity contribution in [1.82, 2.24) is 0 Å². The molecular formula is C12H11NO4. The van der Waals surface area contributed by atoms with Gasteiger partial charge in [-0.15, -0.1) is 0 Å². The van der Waals surface area contributed by atoms with E-state index in [2.05, 4.69) is 0 Å². The zero-order chi connectivity index (χ0) is 12.6. The maximum atomic E-state index is 11.6. The van der Waals surface area contributed by atoms with E-state index in [1.165, 1.54) is 12.1 Å². The minimum atomic E-state index is -0.704. The van der Waals surface area contributed by atoms with Gasteiger partial charge in [-0.25, -0.2) is 4.79 Å². The molecule has 1 heterocycles. The second-order valence-electron chi connectivity index (χ2n) is 3.84. The Morgan fingerprint density at radius 1 is 1.41 bits per heavy atom. The molecule has 88 valence electrons. The van der Waals surface area contributed by atoms with E-state index in [-0.39, 0.29) is 16.9 Å². The molecule has 3 N–H and O–H groups in total. The standard InChI is InChI=1S/C12H11NO4/c1-6(11(13)15)9-4-7-2-3-8(14)5-10(7)17-12(9)16/h2-6,14H,1H3,(H2,13,15). The van der Waals surface area contributed by atoms with Gasteiger partial charge in [0.1, 0.15) is 11.3 Å². The minimum Gasteiger partial charge on any atom is -0.508 e. The number of carbonyl (C=O) groups excluding carboxylic acids is 1. The maximum absolute atomic E-state index is 11.6. The van der Waals surface area contributed by atoms with Gasteiger partial charge >= 0.3 is 5.63 Å². The number of amides is 1. The topological polar surface area (TPSA) is 93.5 Å². The molecule has 0 aliphatic rings. The maximum Gasteiger partial charge on any atom is 0.340 e. The molecule has 5 nitrogen and oxygen atoms in total. The predicted molar refractivity (Wildman–Crippen MR) is 61.8 cm³/mol. The summed E-state index contributed by atoms with van der Waals surface area (Å²) in [5, 5.41) is 9.88. The van der Waals surface area contributed by atoms with Crippen molar-refractivity contribution in [3.05, 3.63) is 40.2 Å². The van der Waals surface area contributed by atoms with Crippen LogP contribution in [0.5, 0.6) is 5.75 Å². The van der Waals surface area contributed by atoms with Crippen molar-refractivity contribution in [2.45, 2.75) is 12.8 Å². The Bertz CT molecular complexity index is 644. The van der Waals surface area contributed by atoms with Gasteiger partial charge in [0.05, 0.1) is 11.5 Å². The molecule has 1 aromatic heterocycles. The third-order valence-electron chi connectivity index (χ3n) is 2.64. The Balaban J connectivity index is 2.68. The molecule has 1 amide bonds. The number of rotatable bonds is 2. The van der Waals surface area contributed by atoms with Gasteiger partial charge in [0.2, 0.25) is 5.91 Å². The number of phenols is 1. The van der Waals surface area contributed by atoms with Gasteiger partial charge in [0.15, 0.2) is 0 Å². The molecule has 0 aliphatic carbocycles. The highest BCUT2D eigenvalue weighted by atomic mass is 16.4. The summed E-state index contributed by atoms with van der Waals surface area (Å²) in [4.78, 5) is 22.7. The highest BCUT2D eigenvalue weighted by Gasteiger charge is 2.17. The van der Waals surface area contributed by atoms with Crippen LogP contribution in [0.25, 0.3) is 11.0 Å². The van der Waals surface area contributed by atoms with Crippen LogP contribution in [0.15, 0.2) is 33.5 Å². The molecule has 0 fully saturated rings. The number of benzene rings is 1. The van der Waals surface area contributed by atoms with Crippen LogP contribution in [-0.2, 0) is 4.79 Å². The highest BCUT2D eigenvalue weighted by molar-refractivity contribution is 5.84. The lowest BCUT2D eigenvalue weighted by atomic mass is 10.0. The molecule has 1 aromatic carbocycles. The number of primary amides is 1. The molecule has 0 saturated heterocycles. The van der Waals surface area contributed by atoms with E-state index >= 15 is 0 Å². The minimum absolute atomic E-state index is 0.0105. The van der Waals surface area contributed by atoms with E-state index in [0.717, 1.165) is 0 Å². The number of hydrogen-bond donors (Lipinski definition) is 2. The molecule has 0 saturated carbocycles. The number of carbonyl (C=O) groups is 1. The molecule has 1 atom stereocenters. The Kier molecular flexibility index (Phi) is 2.59. The Labute approximate surface area is 96.5 Å². The normalized spacial score (nSPS) is 12.5. The Morgan fingerprint density at radius 2 is 2.12 bits per heavy atom. The second-order valence-corrected chi connectivity index (χ2v) is 3.84. The molecular weight excluding hydrogens is 222 g/mol. The van der Waals surface area contributed by atoms with Crippen molar-refractivity contribution in [3.63, 3.8) is 0 Å². The number of nitrogens with two attached hydrogens (primary N) is 1. The summed E-state index contributed by atoms with van der Waals surface area (Å²) in [5.74, 6) is -1.28. The lowest BCUT2D eigenvalue weighted by Gasteiger charge is -2.06. The van der Waals surface area contributed by atoms with E-state index in [9.17, 15) is 14.7 Å². The zero-order valence-electron chi connectivity index (χ0n) is 9.14. The van der Waals surface area contributed by atoms with Crippen molar-refractivity contribution in [2.75, 3.05) is 0 Å².